The van der Waals surface area contributed by atoms with Crippen molar-refractivity contribution in [3.05, 3.63) is 0 Å². The molecule has 0 aliphatic heterocycles. The van der Waals surface area contributed by atoms with Crippen molar-refractivity contribution in [3.63, 3.8) is 0 Å². The first-order chi connectivity index (χ1) is 7.84. The lowest BCUT2D eigenvalue weighted by molar-refractivity contribution is -0.139. The molecule has 0 aromatic rings. The van der Waals surface area contributed by atoms with Gasteiger partial charge < -0.3 is 20.7 Å². The molecule has 3 N–H and O–H groups in total. The highest BCUT2D eigenvalue weighted by Crippen LogP contribution is 2.07. The van der Waals surface area contributed by atoms with E-state index in [2.05, 4.69) is 5.16 Å². The summed E-state index contributed by atoms with van der Waals surface area (Å²) in [6.07, 6.45) is 0.412. The minimum absolute atomic E-state index is 0.0267. The van der Waals surface area contributed by atoms with Gasteiger partial charge in [-0.25, -0.2) is 0 Å². The lowest BCUT2D eigenvalue weighted by Crippen LogP contribution is -2.44. The molecule has 0 aromatic heterocycles. The molecule has 7 heteroatoms. The summed E-state index contributed by atoms with van der Waals surface area (Å²) in [4.78, 5) is 26.0. The fraction of sp³-hybridized carbons (Fsp3) is 0.700. The molecule has 0 aliphatic carbocycles. The number of rotatable bonds is 5. The molecule has 0 heterocycles. The van der Waals surface area contributed by atoms with E-state index in [0.717, 1.165) is 0 Å². The third kappa shape index (κ3) is 4.29. The van der Waals surface area contributed by atoms with Crippen LogP contribution in [0.15, 0.2) is 5.16 Å². The number of likely N-dealkylation sites (N-methyl/N-ethyl adjacent to an activating group) is 2. The third-order valence-corrected chi connectivity index (χ3v) is 2.43. The smallest absolute Gasteiger partial charge is 0.241 e. The molecule has 0 bridgehead atoms. The summed E-state index contributed by atoms with van der Waals surface area (Å²) in [5.41, 5.74) is 5.41. The summed E-state index contributed by atoms with van der Waals surface area (Å²) in [5.74, 6) is -1.35. The molecule has 0 saturated carbocycles. The third-order valence-electron chi connectivity index (χ3n) is 2.43. The zero-order valence-electron chi connectivity index (χ0n) is 10.7. The number of amides is 2. The number of oxime groups is 1. The summed E-state index contributed by atoms with van der Waals surface area (Å²) in [6, 6.07) is 0. The van der Waals surface area contributed by atoms with E-state index in [1.165, 1.54) is 16.8 Å². The molecule has 1 unspecified atom stereocenters. The van der Waals surface area contributed by atoms with Gasteiger partial charge in [-0.15, -0.1) is 0 Å². The van der Waals surface area contributed by atoms with E-state index in [-0.39, 0.29) is 24.2 Å². The van der Waals surface area contributed by atoms with E-state index in [9.17, 15) is 9.59 Å². The van der Waals surface area contributed by atoms with Crippen LogP contribution in [0.3, 0.4) is 0 Å². The van der Waals surface area contributed by atoms with Gasteiger partial charge in [-0.3, -0.25) is 9.59 Å². The lowest BCUT2D eigenvalue weighted by Gasteiger charge is -2.23. The van der Waals surface area contributed by atoms with Crippen molar-refractivity contribution in [3.8, 4) is 0 Å². The largest absolute Gasteiger partial charge is 0.409 e. The summed E-state index contributed by atoms with van der Waals surface area (Å²) < 4.78 is 0. The van der Waals surface area contributed by atoms with Crippen LogP contribution in [-0.2, 0) is 9.59 Å². The fourth-order valence-electron chi connectivity index (χ4n) is 1.27. The highest BCUT2D eigenvalue weighted by atomic mass is 16.4. The van der Waals surface area contributed by atoms with Gasteiger partial charge in [0.2, 0.25) is 11.8 Å². The number of carbonyl (C=O) groups excluding carboxylic acids is 2. The second kappa shape index (κ2) is 6.72. The number of hydrogen-bond acceptors (Lipinski definition) is 4. The van der Waals surface area contributed by atoms with Crippen molar-refractivity contribution in [2.75, 3.05) is 27.7 Å². The molecule has 2 amide bonds. The monoisotopic (exact) mass is 244 g/mol. The van der Waals surface area contributed by atoms with Crippen LogP contribution >= 0.6 is 0 Å². The number of nitrogens with two attached hydrogens (primary N) is 1. The second-order valence-corrected chi connectivity index (χ2v) is 3.97. The van der Waals surface area contributed by atoms with Crippen LogP contribution in [0.4, 0.5) is 0 Å². The Morgan fingerprint density at radius 3 is 2.24 bits per heavy atom. The van der Waals surface area contributed by atoms with Gasteiger partial charge in [-0.1, -0.05) is 12.1 Å². The zero-order chi connectivity index (χ0) is 13.6. The molecule has 98 valence electrons. The van der Waals surface area contributed by atoms with Crippen LogP contribution in [0.25, 0.3) is 0 Å². The first-order valence-electron chi connectivity index (χ1n) is 5.27. The van der Waals surface area contributed by atoms with Gasteiger partial charge in [-0.2, -0.15) is 0 Å². The molecule has 0 rings (SSSR count). The molecule has 0 aliphatic rings. The Morgan fingerprint density at radius 2 is 1.88 bits per heavy atom. The van der Waals surface area contributed by atoms with Gasteiger partial charge in [0.05, 0.1) is 12.5 Å². The number of nitrogens with zero attached hydrogens (tertiary/aromatic N) is 3. The van der Waals surface area contributed by atoms with Gasteiger partial charge in [0.15, 0.2) is 5.84 Å². The van der Waals surface area contributed by atoms with Gasteiger partial charge in [-0.05, 0) is 6.42 Å². The van der Waals surface area contributed by atoms with E-state index in [0.29, 0.717) is 6.42 Å². The Kier molecular flexibility index (Phi) is 6.01. The normalized spacial score (nSPS) is 13.1. The summed E-state index contributed by atoms with van der Waals surface area (Å²) in [6.45, 7) is 1.73. The molecular formula is C10H20N4O3. The fourth-order valence-corrected chi connectivity index (χ4v) is 1.27. The highest BCUT2D eigenvalue weighted by molar-refractivity contribution is 6.02. The molecule has 0 aromatic carbocycles. The van der Waals surface area contributed by atoms with Gasteiger partial charge in [0.1, 0.15) is 0 Å². The van der Waals surface area contributed by atoms with Crippen LogP contribution in [0, 0.1) is 5.92 Å². The summed E-state index contributed by atoms with van der Waals surface area (Å²) in [7, 11) is 4.74. The highest BCUT2D eigenvalue weighted by Gasteiger charge is 2.25. The van der Waals surface area contributed by atoms with Gasteiger partial charge >= 0.3 is 0 Å². The van der Waals surface area contributed by atoms with Crippen LogP contribution in [0.5, 0.6) is 0 Å². The topological polar surface area (TPSA) is 99.2 Å². The van der Waals surface area contributed by atoms with Crippen molar-refractivity contribution in [1.29, 1.82) is 0 Å². The van der Waals surface area contributed by atoms with Gasteiger partial charge in [0, 0.05) is 21.1 Å². The molecular weight excluding hydrogens is 224 g/mol. The van der Waals surface area contributed by atoms with Crippen LogP contribution < -0.4 is 5.73 Å². The number of hydrogen-bond donors (Lipinski definition) is 2. The Labute approximate surface area is 101 Å². The summed E-state index contributed by atoms with van der Waals surface area (Å²) >= 11 is 0. The average Bonchev–Trinajstić information content (AvgIpc) is 2.28. The second-order valence-electron chi connectivity index (χ2n) is 3.97. The maximum absolute atomic E-state index is 11.9. The molecule has 17 heavy (non-hydrogen) atoms. The van der Waals surface area contributed by atoms with Crippen molar-refractivity contribution >= 4 is 17.6 Å². The number of amidine groups is 1. The van der Waals surface area contributed by atoms with Crippen molar-refractivity contribution in [2.45, 2.75) is 13.3 Å². The first-order valence-corrected chi connectivity index (χ1v) is 5.27. The predicted molar refractivity (Wildman–Crippen MR) is 63.5 cm³/mol. The zero-order valence-corrected chi connectivity index (χ0v) is 10.7. The molecule has 1 atom stereocenters. The Morgan fingerprint density at radius 1 is 1.35 bits per heavy atom. The molecule has 0 saturated heterocycles. The van der Waals surface area contributed by atoms with E-state index in [1.807, 2.05) is 0 Å². The van der Waals surface area contributed by atoms with Crippen LogP contribution in [-0.4, -0.2) is 60.3 Å². The minimum atomic E-state index is -0.694. The minimum Gasteiger partial charge on any atom is -0.409 e. The first kappa shape index (κ1) is 15.2. The maximum atomic E-state index is 11.9. The Bertz CT molecular complexity index is 315. The maximum Gasteiger partial charge on any atom is 0.241 e. The summed E-state index contributed by atoms with van der Waals surface area (Å²) in [5, 5.41) is 11.4. The van der Waals surface area contributed by atoms with E-state index in [4.69, 9.17) is 10.9 Å². The van der Waals surface area contributed by atoms with E-state index in [1.54, 1.807) is 21.0 Å². The average molecular weight is 244 g/mol. The number of carbonyl (C=O) groups is 2. The Hall–Kier alpha value is -1.79. The van der Waals surface area contributed by atoms with Crippen molar-refractivity contribution in [2.24, 2.45) is 16.8 Å². The van der Waals surface area contributed by atoms with E-state index < -0.39 is 5.92 Å². The van der Waals surface area contributed by atoms with Crippen molar-refractivity contribution < 1.29 is 14.8 Å². The molecule has 0 spiro atoms. The quantitative estimate of drug-likeness (QED) is 0.289. The lowest BCUT2D eigenvalue weighted by atomic mass is 10.0. The van der Waals surface area contributed by atoms with E-state index >= 15 is 0 Å². The predicted octanol–water partition coefficient (Wildman–Crippen LogP) is -0.694. The molecule has 0 radical (unpaired) electrons. The standard InChI is InChI=1S/C10H20N4O3/c1-5-7(9(11)12-17)10(16)14(4)6-8(15)13(2)3/h7,17H,5-6H2,1-4H3,(H2,11,12). The molecule has 7 nitrogen and oxygen atoms in total. The van der Waals surface area contributed by atoms with Crippen molar-refractivity contribution in [1.82, 2.24) is 9.80 Å². The van der Waals surface area contributed by atoms with Crippen LogP contribution in [0.1, 0.15) is 13.3 Å². The SMILES string of the molecule is CCC(C(=O)N(C)CC(=O)N(C)C)/C(N)=N/O. The molecule has 0 fully saturated rings. The van der Waals surface area contributed by atoms with Gasteiger partial charge in [0.25, 0.3) is 0 Å². The van der Waals surface area contributed by atoms with Crippen LogP contribution in [0.2, 0.25) is 0 Å². The Balaban J connectivity index is 4.63.